The van der Waals surface area contributed by atoms with Crippen LogP contribution in [0.4, 0.5) is 14.6 Å². The van der Waals surface area contributed by atoms with Gasteiger partial charge in [-0.1, -0.05) is 12.1 Å². The fraction of sp³-hybridized carbons (Fsp3) is 0.0833. The summed E-state index contributed by atoms with van der Waals surface area (Å²) in [5.41, 5.74) is 10.7. The first-order valence-electron chi connectivity index (χ1n) is 10.1. The predicted octanol–water partition coefficient (Wildman–Crippen LogP) is 5.80. The second-order valence-electron chi connectivity index (χ2n) is 7.32. The van der Waals surface area contributed by atoms with Crippen molar-refractivity contribution in [3.63, 3.8) is 0 Å². The van der Waals surface area contributed by atoms with E-state index in [0.29, 0.717) is 45.6 Å². The Hall–Kier alpha value is -3.91. The number of anilines is 1. The molecule has 0 radical (unpaired) electrons. The van der Waals surface area contributed by atoms with Gasteiger partial charge in [-0.15, -0.1) is 11.6 Å². The summed E-state index contributed by atoms with van der Waals surface area (Å²) in [6.45, 7) is 0. The Morgan fingerprint density at radius 3 is 2.36 bits per heavy atom. The predicted molar refractivity (Wildman–Crippen MR) is 124 cm³/mol. The molecule has 0 unspecified atom stereocenters. The Labute approximate surface area is 192 Å². The number of pyridine rings is 3. The van der Waals surface area contributed by atoms with Crippen LogP contribution in [0.5, 0.6) is 0 Å². The Kier molecular flexibility index (Phi) is 5.43. The molecule has 5 rings (SSSR count). The van der Waals surface area contributed by atoms with Gasteiger partial charge >= 0.3 is 0 Å². The number of aromatic nitrogens is 5. The van der Waals surface area contributed by atoms with Gasteiger partial charge in [0, 0.05) is 29.5 Å². The molecule has 4 aromatic heterocycles. The molecule has 0 fully saturated rings. The third kappa shape index (κ3) is 3.89. The molecule has 2 N–H and O–H groups in total. The zero-order valence-corrected chi connectivity index (χ0v) is 17.9. The molecule has 0 saturated heterocycles. The Balaban J connectivity index is 1.72. The highest BCUT2D eigenvalue weighted by atomic mass is 35.5. The van der Waals surface area contributed by atoms with E-state index in [4.69, 9.17) is 27.3 Å². The van der Waals surface area contributed by atoms with Gasteiger partial charge in [-0.3, -0.25) is 9.55 Å². The van der Waals surface area contributed by atoms with Crippen LogP contribution in [0.3, 0.4) is 0 Å². The first kappa shape index (κ1) is 21.0. The number of rotatable bonds is 5. The van der Waals surface area contributed by atoms with Gasteiger partial charge in [0.15, 0.2) is 11.5 Å². The van der Waals surface area contributed by atoms with E-state index in [1.165, 1.54) is 12.1 Å². The van der Waals surface area contributed by atoms with Crippen LogP contribution in [0, 0.1) is 0 Å². The monoisotopic (exact) mass is 462 g/mol. The molecule has 0 aliphatic carbocycles. The third-order valence-electron chi connectivity index (χ3n) is 5.23. The lowest BCUT2D eigenvalue weighted by Gasteiger charge is -2.11. The van der Waals surface area contributed by atoms with Crippen LogP contribution in [0.2, 0.25) is 0 Å². The Morgan fingerprint density at radius 1 is 0.909 bits per heavy atom. The first-order valence-corrected chi connectivity index (χ1v) is 10.6. The average molecular weight is 463 g/mol. The van der Waals surface area contributed by atoms with Crippen LogP contribution in [0.25, 0.3) is 39.6 Å². The molecule has 6 nitrogen and oxygen atoms in total. The lowest BCUT2D eigenvalue weighted by Crippen LogP contribution is -2.02. The number of imidazole rings is 1. The summed E-state index contributed by atoms with van der Waals surface area (Å²) in [5.74, 6) is 1.33. The van der Waals surface area contributed by atoms with Gasteiger partial charge in [-0.05, 0) is 54.1 Å². The molecular formula is C24H17ClF2N6. The van der Waals surface area contributed by atoms with Crippen LogP contribution >= 0.6 is 11.6 Å². The number of nitrogens with two attached hydrogens (primary N) is 1. The number of nitrogen functional groups attached to an aromatic ring is 1. The van der Waals surface area contributed by atoms with Crippen molar-refractivity contribution in [2.75, 3.05) is 5.73 Å². The molecule has 0 bridgehead atoms. The van der Waals surface area contributed by atoms with E-state index in [2.05, 4.69) is 9.97 Å². The molecule has 0 spiro atoms. The van der Waals surface area contributed by atoms with Crippen molar-refractivity contribution in [2.24, 2.45) is 0 Å². The Bertz CT molecular complexity index is 1430. The van der Waals surface area contributed by atoms with E-state index in [9.17, 15) is 8.78 Å². The minimum absolute atomic E-state index is 0.140. The van der Waals surface area contributed by atoms with Gasteiger partial charge in [0.25, 0.3) is 6.43 Å². The molecular weight excluding hydrogens is 446 g/mol. The molecule has 4 heterocycles. The lowest BCUT2D eigenvalue weighted by molar-refractivity contribution is 0.151. The van der Waals surface area contributed by atoms with E-state index >= 15 is 0 Å². The van der Waals surface area contributed by atoms with Gasteiger partial charge in [0.05, 0.1) is 17.0 Å². The topological polar surface area (TPSA) is 82.5 Å². The molecule has 0 aliphatic rings. The lowest BCUT2D eigenvalue weighted by atomic mass is 10.2. The zero-order valence-electron chi connectivity index (χ0n) is 17.2. The van der Waals surface area contributed by atoms with Gasteiger partial charge in [-0.25, -0.2) is 23.7 Å². The van der Waals surface area contributed by atoms with Crippen molar-refractivity contribution in [3.8, 4) is 28.5 Å². The van der Waals surface area contributed by atoms with E-state index in [1.807, 2.05) is 41.0 Å². The molecule has 1 aromatic carbocycles. The normalized spacial score (nSPS) is 11.4. The van der Waals surface area contributed by atoms with Crippen molar-refractivity contribution in [2.45, 2.75) is 12.3 Å². The van der Waals surface area contributed by atoms with Crippen LogP contribution in [0.1, 0.15) is 17.6 Å². The summed E-state index contributed by atoms with van der Waals surface area (Å²) in [6.07, 6.45) is 0.203. The third-order valence-corrected chi connectivity index (χ3v) is 5.54. The smallest absolute Gasteiger partial charge is 0.265 e. The van der Waals surface area contributed by atoms with Crippen molar-refractivity contribution in [3.05, 3.63) is 84.2 Å². The molecule has 0 saturated carbocycles. The Morgan fingerprint density at radius 2 is 1.70 bits per heavy atom. The maximum atomic E-state index is 12.9. The number of alkyl halides is 3. The van der Waals surface area contributed by atoms with E-state index in [0.717, 1.165) is 17.4 Å². The van der Waals surface area contributed by atoms with Gasteiger partial charge in [-0.2, -0.15) is 0 Å². The van der Waals surface area contributed by atoms with Crippen LogP contribution in [-0.4, -0.2) is 24.5 Å². The summed E-state index contributed by atoms with van der Waals surface area (Å²) in [5, 5.41) is 0. The molecule has 0 aliphatic heterocycles. The summed E-state index contributed by atoms with van der Waals surface area (Å²) < 4.78 is 27.7. The number of benzene rings is 1. The highest BCUT2D eigenvalue weighted by Crippen LogP contribution is 2.31. The fourth-order valence-corrected chi connectivity index (χ4v) is 3.73. The minimum atomic E-state index is -2.58. The van der Waals surface area contributed by atoms with Crippen molar-refractivity contribution >= 4 is 28.6 Å². The van der Waals surface area contributed by atoms with Crippen molar-refractivity contribution in [1.82, 2.24) is 24.5 Å². The number of halogens is 3. The SMILES string of the molecule is Nc1ncccc1-c1nc2ccc(-c3ccc(C(F)F)cn3)nc2n1-c1ccc(CCl)cc1. The van der Waals surface area contributed by atoms with Crippen LogP contribution < -0.4 is 5.73 Å². The number of hydrogen-bond donors (Lipinski definition) is 1. The van der Waals surface area contributed by atoms with E-state index < -0.39 is 6.43 Å². The molecule has 0 amide bonds. The standard InChI is InChI=1S/C24H17ClF2N6/c25-12-14-3-6-16(7-4-14)33-23(17-2-1-11-29-22(17)28)32-20-10-9-19(31-24(20)33)18-8-5-15(13-30-18)21(26)27/h1-11,13,21H,12H2,(H2,28,29). The minimum Gasteiger partial charge on any atom is -0.383 e. The number of hydrogen-bond acceptors (Lipinski definition) is 5. The van der Waals surface area contributed by atoms with Crippen LogP contribution in [0.15, 0.2) is 73.1 Å². The van der Waals surface area contributed by atoms with E-state index in [1.54, 1.807) is 18.3 Å². The van der Waals surface area contributed by atoms with Gasteiger partial charge < -0.3 is 5.73 Å². The summed E-state index contributed by atoms with van der Waals surface area (Å²) >= 11 is 5.96. The zero-order chi connectivity index (χ0) is 22.9. The van der Waals surface area contributed by atoms with Crippen LogP contribution in [-0.2, 0) is 5.88 Å². The maximum Gasteiger partial charge on any atom is 0.265 e. The molecule has 164 valence electrons. The van der Waals surface area contributed by atoms with Crippen molar-refractivity contribution < 1.29 is 8.78 Å². The first-order chi connectivity index (χ1) is 16.0. The molecule has 33 heavy (non-hydrogen) atoms. The highest BCUT2D eigenvalue weighted by Gasteiger charge is 2.19. The molecule has 9 heteroatoms. The fourth-order valence-electron chi connectivity index (χ4n) is 3.55. The second-order valence-corrected chi connectivity index (χ2v) is 7.59. The number of fused-ring (bicyclic) bond motifs is 1. The summed E-state index contributed by atoms with van der Waals surface area (Å²) in [7, 11) is 0. The molecule has 5 aromatic rings. The number of nitrogens with zero attached hydrogens (tertiary/aromatic N) is 5. The molecule has 0 atom stereocenters. The largest absolute Gasteiger partial charge is 0.383 e. The highest BCUT2D eigenvalue weighted by molar-refractivity contribution is 6.17. The summed E-state index contributed by atoms with van der Waals surface area (Å²) in [4.78, 5) is 17.9. The summed E-state index contributed by atoms with van der Waals surface area (Å²) in [6, 6.07) is 17.8. The second kappa shape index (κ2) is 8.55. The van der Waals surface area contributed by atoms with Gasteiger partial charge in [0.1, 0.15) is 11.3 Å². The van der Waals surface area contributed by atoms with E-state index in [-0.39, 0.29) is 5.56 Å². The average Bonchev–Trinajstić information content (AvgIpc) is 3.23. The van der Waals surface area contributed by atoms with Gasteiger partial charge in [0.2, 0.25) is 0 Å². The maximum absolute atomic E-state index is 12.9. The van der Waals surface area contributed by atoms with Crippen molar-refractivity contribution in [1.29, 1.82) is 0 Å². The quantitative estimate of drug-likeness (QED) is 0.333.